The minimum atomic E-state index is -0.0785. The maximum absolute atomic E-state index is 12.3. The monoisotopic (exact) mass is 390 g/mol. The molecular formula is C19H26N4O3S. The number of ether oxygens (including phenoxy) is 2. The largest absolute Gasteiger partial charge is 0.497 e. The van der Waals surface area contributed by atoms with Gasteiger partial charge in [0.2, 0.25) is 0 Å². The van der Waals surface area contributed by atoms with Gasteiger partial charge in [0.1, 0.15) is 10.6 Å². The van der Waals surface area contributed by atoms with E-state index in [0.717, 1.165) is 42.8 Å². The van der Waals surface area contributed by atoms with Crippen LogP contribution in [0, 0.1) is 6.92 Å². The van der Waals surface area contributed by atoms with E-state index in [9.17, 15) is 4.79 Å². The Bertz CT molecular complexity index is 755. The van der Waals surface area contributed by atoms with Gasteiger partial charge >= 0.3 is 0 Å². The summed E-state index contributed by atoms with van der Waals surface area (Å²) in [5.74, 6) is 0.789. The first-order valence-electron chi connectivity index (χ1n) is 9.01. The Morgan fingerprint density at radius 3 is 2.44 bits per heavy atom. The summed E-state index contributed by atoms with van der Waals surface area (Å²) in [5, 5.41) is 3.78. The van der Waals surface area contributed by atoms with Crippen LogP contribution in [0.4, 0.5) is 10.8 Å². The number of carbonyl (C=O) groups is 1. The molecule has 1 aliphatic rings. The van der Waals surface area contributed by atoms with Gasteiger partial charge in [-0.15, -0.1) is 0 Å². The molecule has 1 aliphatic heterocycles. The number of benzene rings is 1. The van der Waals surface area contributed by atoms with E-state index in [-0.39, 0.29) is 5.91 Å². The highest BCUT2D eigenvalue weighted by Crippen LogP contribution is 2.28. The molecule has 1 N–H and O–H groups in total. The molecule has 7 nitrogen and oxygen atoms in total. The summed E-state index contributed by atoms with van der Waals surface area (Å²) in [7, 11) is 3.30. The number of thiazole rings is 1. The zero-order valence-electron chi connectivity index (χ0n) is 16.0. The van der Waals surface area contributed by atoms with Crippen molar-refractivity contribution < 1.29 is 14.3 Å². The van der Waals surface area contributed by atoms with Gasteiger partial charge in [-0.25, -0.2) is 4.98 Å². The van der Waals surface area contributed by atoms with E-state index in [0.29, 0.717) is 18.0 Å². The van der Waals surface area contributed by atoms with Crippen molar-refractivity contribution in [1.82, 2.24) is 10.3 Å². The highest BCUT2D eigenvalue weighted by Gasteiger charge is 2.22. The first kappa shape index (κ1) is 19.4. The van der Waals surface area contributed by atoms with E-state index < -0.39 is 0 Å². The van der Waals surface area contributed by atoms with Gasteiger partial charge in [-0.3, -0.25) is 4.79 Å². The third kappa shape index (κ3) is 4.70. The number of amides is 1. The molecule has 0 spiro atoms. The average molecular weight is 391 g/mol. The molecule has 2 aromatic rings. The SMILES string of the molecule is COCCNC(=O)c1sc(N2CCN(c3ccc(OC)cc3)CC2)nc1C. The molecule has 0 bridgehead atoms. The van der Waals surface area contributed by atoms with E-state index in [1.165, 1.54) is 17.0 Å². The molecule has 3 rings (SSSR count). The highest BCUT2D eigenvalue weighted by atomic mass is 32.1. The molecule has 0 atom stereocenters. The third-order valence-corrected chi connectivity index (χ3v) is 5.79. The molecule has 8 heteroatoms. The number of rotatable bonds is 7. The van der Waals surface area contributed by atoms with Crippen LogP contribution in [0.15, 0.2) is 24.3 Å². The van der Waals surface area contributed by atoms with Gasteiger partial charge in [0, 0.05) is 45.5 Å². The number of aromatic nitrogens is 1. The Kier molecular flexibility index (Phi) is 6.52. The normalized spacial score (nSPS) is 14.3. The Morgan fingerprint density at radius 1 is 1.15 bits per heavy atom. The molecule has 1 saturated heterocycles. The van der Waals surface area contributed by atoms with Gasteiger partial charge in [-0.05, 0) is 31.2 Å². The zero-order chi connectivity index (χ0) is 19.2. The Morgan fingerprint density at radius 2 is 1.81 bits per heavy atom. The summed E-state index contributed by atoms with van der Waals surface area (Å²) < 4.78 is 10.2. The van der Waals surface area contributed by atoms with Gasteiger partial charge in [-0.1, -0.05) is 11.3 Å². The van der Waals surface area contributed by atoms with E-state index in [4.69, 9.17) is 9.47 Å². The van der Waals surface area contributed by atoms with Gasteiger partial charge in [0.25, 0.3) is 5.91 Å². The predicted molar refractivity (Wildman–Crippen MR) is 108 cm³/mol. The minimum Gasteiger partial charge on any atom is -0.497 e. The average Bonchev–Trinajstić information content (AvgIpc) is 3.10. The summed E-state index contributed by atoms with van der Waals surface area (Å²) in [4.78, 5) is 22.2. The second kappa shape index (κ2) is 9.05. The van der Waals surface area contributed by atoms with Crippen molar-refractivity contribution >= 4 is 28.1 Å². The molecule has 0 radical (unpaired) electrons. The van der Waals surface area contributed by atoms with Crippen LogP contribution < -0.4 is 19.9 Å². The molecule has 1 aromatic heterocycles. The van der Waals surface area contributed by atoms with E-state index in [1.54, 1.807) is 14.2 Å². The first-order chi connectivity index (χ1) is 13.1. The molecule has 2 heterocycles. The lowest BCUT2D eigenvalue weighted by molar-refractivity contribution is 0.0940. The Hall–Kier alpha value is -2.32. The molecule has 0 aliphatic carbocycles. The number of nitrogens with zero attached hydrogens (tertiary/aromatic N) is 3. The minimum absolute atomic E-state index is 0.0785. The van der Waals surface area contributed by atoms with Crippen LogP contribution in [0.25, 0.3) is 0 Å². The lowest BCUT2D eigenvalue weighted by Gasteiger charge is -2.36. The van der Waals surface area contributed by atoms with Crippen molar-refractivity contribution in [2.75, 3.05) is 63.4 Å². The second-order valence-corrected chi connectivity index (χ2v) is 7.31. The quantitative estimate of drug-likeness (QED) is 0.731. The van der Waals surface area contributed by atoms with Gasteiger partial charge in [0.05, 0.1) is 19.4 Å². The van der Waals surface area contributed by atoms with Crippen LogP contribution in [-0.4, -0.2) is 64.4 Å². The molecule has 0 unspecified atom stereocenters. The van der Waals surface area contributed by atoms with Crippen molar-refractivity contribution in [3.63, 3.8) is 0 Å². The van der Waals surface area contributed by atoms with Crippen molar-refractivity contribution in [3.05, 3.63) is 34.8 Å². The number of hydrogen-bond donors (Lipinski definition) is 1. The fourth-order valence-electron chi connectivity index (χ4n) is 3.02. The van der Waals surface area contributed by atoms with Crippen molar-refractivity contribution in [2.45, 2.75) is 6.92 Å². The first-order valence-corrected chi connectivity index (χ1v) is 9.82. The van der Waals surface area contributed by atoms with Crippen molar-refractivity contribution in [2.24, 2.45) is 0 Å². The van der Waals surface area contributed by atoms with Crippen LogP contribution in [0.5, 0.6) is 5.75 Å². The molecular weight excluding hydrogens is 364 g/mol. The topological polar surface area (TPSA) is 66.9 Å². The standard InChI is InChI=1S/C19H26N4O3S/c1-14-17(18(24)20-8-13-25-2)27-19(21-14)23-11-9-22(10-12-23)15-4-6-16(26-3)7-5-15/h4-7H,8-13H2,1-3H3,(H,20,24). The van der Waals surface area contributed by atoms with Crippen LogP contribution in [0.2, 0.25) is 0 Å². The number of aryl methyl sites for hydroxylation is 1. The number of carbonyl (C=O) groups excluding carboxylic acids is 1. The third-order valence-electron chi connectivity index (χ3n) is 4.57. The van der Waals surface area contributed by atoms with Crippen LogP contribution in [0.3, 0.4) is 0 Å². The van der Waals surface area contributed by atoms with Crippen LogP contribution in [-0.2, 0) is 4.74 Å². The van der Waals surface area contributed by atoms with E-state index >= 15 is 0 Å². The maximum Gasteiger partial charge on any atom is 0.263 e. The summed E-state index contributed by atoms with van der Waals surface area (Å²) in [5.41, 5.74) is 1.98. The number of hydrogen-bond acceptors (Lipinski definition) is 7. The predicted octanol–water partition coefficient (Wildman–Crippen LogP) is 2.16. The van der Waals surface area contributed by atoms with Gasteiger partial charge in [-0.2, -0.15) is 0 Å². The highest BCUT2D eigenvalue weighted by molar-refractivity contribution is 7.17. The smallest absolute Gasteiger partial charge is 0.263 e. The summed E-state index contributed by atoms with van der Waals surface area (Å²) in [6.07, 6.45) is 0. The van der Waals surface area contributed by atoms with E-state index in [1.807, 2.05) is 19.1 Å². The summed E-state index contributed by atoms with van der Waals surface area (Å²) >= 11 is 1.46. The molecule has 0 saturated carbocycles. The number of nitrogens with one attached hydrogen (secondary N) is 1. The summed E-state index contributed by atoms with van der Waals surface area (Å²) in [6.45, 7) is 6.49. The zero-order valence-corrected chi connectivity index (χ0v) is 16.8. The number of methoxy groups -OCH3 is 2. The number of piperazine rings is 1. The maximum atomic E-state index is 12.3. The Labute approximate surface area is 163 Å². The van der Waals surface area contributed by atoms with Crippen molar-refractivity contribution in [3.8, 4) is 5.75 Å². The summed E-state index contributed by atoms with van der Waals surface area (Å²) in [6, 6.07) is 8.15. The molecule has 1 fully saturated rings. The molecule has 1 aromatic carbocycles. The van der Waals surface area contributed by atoms with E-state index in [2.05, 4.69) is 32.2 Å². The van der Waals surface area contributed by atoms with Gasteiger partial charge < -0.3 is 24.6 Å². The number of anilines is 2. The molecule has 27 heavy (non-hydrogen) atoms. The molecule has 146 valence electrons. The van der Waals surface area contributed by atoms with Crippen molar-refractivity contribution in [1.29, 1.82) is 0 Å². The fourth-order valence-corrected chi connectivity index (χ4v) is 4.06. The fraction of sp³-hybridized carbons (Fsp3) is 0.474. The van der Waals surface area contributed by atoms with Crippen LogP contribution >= 0.6 is 11.3 Å². The lowest BCUT2D eigenvalue weighted by atomic mass is 10.2. The lowest BCUT2D eigenvalue weighted by Crippen LogP contribution is -2.46. The Balaban J connectivity index is 1.59. The second-order valence-electron chi connectivity index (χ2n) is 6.33. The van der Waals surface area contributed by atoms with Gasteiger partial charge in [0.15, 0.2) is 5.13 Å². The molecule has 1 amide bonds. The van der Waals surface area contributed by atoms with Crippen LogP contribution in [0.1, 0.15) is 15.4 Å².